The second-order valence-electron chi connectivity index (χ2n) is 5.86. The molecule has 0 aromatic carbocycles. The van der Waals surface area contributed by atoms with E-state index < -0.39 is 0 Å². The summed E-state index contributed by atoms with van der Waals surface area (Å²) in [5.74, 6) is 0. The van der Waals surface area contributed by atoms with Gasteiger partial charge in [0.05, 0.1) is 31.6 Å². The molecular weight excluding hydrogens is 230 g/mol. The zero-order valence-electron chi connectivity index (χ0n) is 10.7. The van der Waals surface area contributed by atoms with Gasteiger partial charge in [0.15, 0.2) is 0 Å². The SMILES string of the molecule is Cc1cnn2c1C1(CCNCC1)OC1(COC1)C2. The predicted molar refractivity (Wildman–Crippen MR) is 65.4 cm³/mol. The van der Waals surface area contributed by atoms with E-state index in [1.807, 2.05) is 6.20 Å². The maximum atomic E-state index is 6.58. The second kappa shape index (κ2) is 3.56. The van der Waals surface area contributed by atoms with E-state index in [9.17, 15) is 0 Å². The number of nitrogens with one attached hydrogen (secondary N) is 1. The molecular formula is C13H19N3O2. The Bertz CT molecular complexity index is 473. The van der Waals surface area contributed by atoms with Gasteiger partial charge in [0, 0.05) is 0 Å². The van der Waals surface area contributed by atoms with Crippen molar-refractivity contribution >= 4 is 0 Å². The molecule has 0 radical (unpaired) electrons. The van der Waals surface area contributed by atoms with Crippen LogP contribution in [0.5, 0.6) is 0 Å². The van der Waals surface area contributed by atoms with Gasteiger partial charge in [-0.25, -0.2) is 0 Å². The van der Waals surface area contributed by atoms with Crippen molar-refractivity contribution in [2.75, 3.05) is 26.3 Å². The van der Waals surface area contributed by atoms with Crippen LogP contribution >= 0.6 is 0 Å². The zero-order valence-corrected chi connectivity index (χ0v) is 10.7. The van der Waals surface area contributed by atoms with Gasteiger partial charge in [-0.3, -0.25) is 4.68 Å². The highest BCUT2D eigenvalue weighted by molar-refractivity contribution is 5.27. The quantitative estimate of drug-likeness (QED) is 0.730. The predicted octanol–water partition coefficient (Wildman–Crippen LogP) is 0.569. The molecule has 5 nitrogen and oxygen atoms in total. The molecule has 3 aliphatic heterocycles. The van der Waals surface area contributed by atoms with Crippen molar-refractivity contribution in [2.24, 2.45) is 0 Å². The molecule has 4 heterocycles. The van der Waals surface area contributed by atoms with Crippen LogP contribution in [-0.4, -0.2) is 41.7 Å². The van der Waals surface area contributed by atoms with E-state index in [1.54, 1.807) is 0 Å². The minimum absolute atomic E-state index is 0.122. The number of ether oxygens (including phenoxy) is 2. The smallest absolute Gasteiger partial charge is 0.135 e. The lowest BCUT2D eigenvalue weighted by Crippen LogP contribution is -2.63. The van der Waals surface area contributed by atoms with E-state index >= 15 is 0 Å². The summed E-state index contributed by atoms with van der Waals surface area (Å²) in [6.07, 6.45) is 4.03. The molecule has 2 spiro atoms. The van der Waals surface area contributed by atoms with Gasteiger partial charge in [-0.1, -0.05) is 0 Å². The summed E-state index contributed by atoms with van der Waals surface area (Å²) < 4.78 is 14.1. The molecule has 1 aromatic rings. The summed E-state index contributed by atoms with van der Waals surface area (Å²) >= 11 is 0. The molecule has 4 rings (SSSR count). The van der Waals surface area contributed by atoms with Crippen molar-refractivity contribution in [3.63, 3.8) is 0 Å². The minimum Gasteiger partial charge on any atom is -0.375 e. The Morgan fingerprint density at radius 3 is 2.78 bits per heavy atom. The molecule has 0 aliphatic carbocycles. The summed E-state index contributed by atoms with van der Waals surface area (Å²) in [6.45, 7) is 6.43. The Kier molecular flexibility index (Phi) is 2.17. The van der Waals surface area contributed by atoms with Crippen molar-refractivity contribution in [3.05, 3.63) is 17.5 Å². The molecule has 0 bridgehead atoms. The van der Waals surface area contributed by atoms with Crippen molar-refractivity contribution < 1.29 is 9.47 Å². The first-order chi connectivity index (χ1) is 8.73. The van der Waals surface area contributed by atoms with Gasteiger partial charge < -0.3 is 14.8 Å². The van der Waals surface area contributed by atoms with Crippen molar-refractivity contribution in [2.45, 2.75) is 37.5 Å². The summed E-state index contributed by atoms with van der Waals surface area (Å²) in [7, 11) is 0. The Balaban J connectivity index is 1.82. The van der Waals surface area contributed by atoms with Crippen LogP contribution < -0.4 is 5.32 Å². The van der Waals surface area contributed by atoms with Crippen LogP contribution in [0.25, 0.3) is 0 Å². The van der Waals surface area contributed by atoms with Crippen LogP contribution in [0.15, 0.2) is 6.20 Å². The number of nitrogens with zero attached hydrogens (tertiary/aromatic N) is 2. The molecule has 5 heteroatoms. The van der Waals surface area contributed by atoms with Gasteiger partial charge in [0.2, 0.25) is 0 Å². The van der Waals surface area contributed by atoms with Gasteiger partial charge in [0.25, 0.3) is 0 Å². The van der Waals surface area contributed by atoms with Crippen LogP contribution in [0.1, 0.15) is 24.1 Å². The van der Waals surface area contributed by atoms with E-state index in [2.05, 4.69) is 22.0 Å². The first-order valence-electron chi connectivity index (χ1n) is 6.75. The number of aryl methyl sites for hydroxylation is 1. The van der Waals surface area contributed by atoms with Gasteiger partial charge in [-0.15, -0.1) is 0 Å². The third kappa shape index (κ3) is 1.35. The van der Waals surface area contributed by atoms with Crippen molar-refractivity contribution in [3.8, 4) is 0 Å². The molecule has 0 unspecified atom stereocenters. The maximum Gasteiger partial charge on any atom is 0.135 e. The standard InChI is InChI=1S/C13H19N3O2/c1-10-6-15-16-7-12(8-17-9-12)18-13(11(10)16)2-4-14-5-3-13/h6,14H,2-5,7-9H2,1H3. The van der Waals surface area contributed by atoms with E-state index in [-0.39, 0.29) is 11.2 Å². The monoisotopic (exact) mass is 249 g/mol. The third-order valence-electron chi connectivity index (χ3n) is 4.45. The molecule has 98 valence electrons. The van der Waals surface area contributed by atoms with E-state index in [1.165, 1.54) is 11.3 Å². The summed E-state index contributed by atoms with van der Waals surface area (Å²) in [5.41, 5.74) is 2.28. The maximum absolute atomic E-state index is 6.58. The topological polar surface area (TPSA) is 48.3 Å². The van der Waals surface area contributed by atoms with Gasteiger partial charge >= 0.3 is 0 Å². The Labute approximate surface area is 106 Å². The summed E-state index contributed by atoms with van der Waals surface area (Å²) in [4.78, 5) is 0. The highest BCUT2D eigenvalue weighted by Gasteiger charge is 2.54. The number of hydrogen-bond donors (Lipinski definition) is 1. The number of hydrogen-bond acceptors (Lipinski definition) is 4. The lowest BCUT2D eigenvalue weighted by Gasteiger charge is -2.53. The molecule has 2 saturated heterocycles. The van der Waals surface area contributed by atoms with Crippen LogP contribution in [0, 0.1) is 6.92 Å². The molecule has 0 saturated carbocycles. The van der Waals surface area contributed by atoms with Crippen molar-refractivity contribution in [1.29, 1.82) is 0 Å². The fourth-order valence-corrected chi connectivity index (χ4v) is 3.61. The molecule has 1 N–H and O–H groups in total. The number of aromatic nitrogens is 2. The normalized spacial score (nSPS) is 28.1. The largest absolute Gasteiger partial charge is 0.375 e. The Morgan fingerprint density at radius 2 is 2.11 bits per heavy atom. The lowest BCUT2D eigenvalue weighted by molar-refractivity contribution is -0.292. The molecule has 0 atom stereocenters. The van der Waals surface area contributed by atoms with Crippen LogP contribution in [0.2, 0.25) is 0 Å². The molecule has 3 aliphatic rings. The number of rotatable bonds is 0. The number of piperidine rings is 1. The van der Waals surface area contributed by atoms with E-state index in [0.717, 1.165) is 32.5 Å². The molecule has 0 amide bonds. The third-order valence-corrected chi connectivity index (χ3v) is 4.45. The second-order valence-corrected chi connectivity index (χ2v) is 5.86. The molecule has 18 heavy (non-hydrogen) atoms. The van der Waals surface area contributed by atoms with Crippen LogP contribution in [0.3, 0.4) is 0 Å². The summed E-state index contributed by atoms with van der Waals surface area (Å²) in [5, 5.41) is 7.97. The van der Waals surface area contributed by atoms with Gasteiger partial charge in [0.1, 0.15) is 11.2 Å². The van der Waals surface area contributed by atoms with Crippen molar-refractivity contribution in [1.82, 2.24) is 15.1 Å². The number of fused-ring (bicyclic) bond motifs is 2. The Morgan fingerprint density at radius 1 is 1.33 bits per heavy atom. The minimum atomic E-state index is -0.145. The Hall–Kier alpha value is -0.910. The first-order valence-corrected chi connectivity index (χ1v) is 6.75. The van der Waals surface area contributed by atoms with E-state index in [0.29, 0.717) is 13.2 Å². The first kappa shape index (κ1) is 11.0. The van der Waals surface area contributed by atoms with Gasteiger partial charge in [-0.05, 0) is 38.4 Å². The van der Waals surface area contributed by atoms with E-state index in [4.69, 9.17) is 9.47 Å². The highest BCUT2D eigenvalue weighted by Crippen LogP contribution is 2.46. The lowest BCUT2D eigenvalue weighted by atomic mass is 9.83. The molecule has 1 aromatic heterocycles. The van der Waals surface area contributed by atoms with Gasteiger partial charge in [-0.2, -0.15) is 5.10 Å². The average molecular weight is 249 g/mol. The highest BCUT2D eigenvalue weighted by atomic mass is 16.6. The average Bonchev–Trinajstić information content (AvgIpc) is 2.71. The van der Waals surface area contributed by atoms with Crippen LogP contribution in [-0.2, 0) is 21.6 Å². The fraction of sp³-hybridized carbons (Fsp3) is 0.769. The fourth-order valence-electron chi connectivity index (χ4n) is 3.61. The summed E-state index contributed by atoms with van der Waals surface area (Å²) in [6, 6.07) is 0. The zero-order chi connectivity index (χ0) is 12.2. The van der Waals surface area contributed by atoms with Crippen LogP contribution in [0.4, 0.5) is 0 Å². The molecule has 2 fully saturated rings.